The Bertz CT molecular complexity index is 1030. The molecule has 34 heavy (non-hydrogen) atoms. The van der Waals surface area contributed by atoms with Crippen LogP contribution in [0.5, 0.6) is 0 Å². The van der Waals surface area contributed by atoms with Crippen molar-refractivity contribution in [3.8, 4) is 0 Å². The van der Waals surface area contributed by atoms with Crippen molar-refractivity contribution in [1.29, 1.82) is 0 Å². The van der Waals surface area contributed by atoms with Crippen molar-refractivity contribution in [2.24, 2.45) is 17.6 Å². The lowest BCUT2D eigenvalue weighted by molar-refractivity contribution is -0.186. The van der Waals surface area contributed by atoms with Gasteiger partial charge in [0.15, 0.2) is 14.9 Å². The predicted molar refractivity (Wildman–Crippen MR) is 113 cm³/mol. The number of carboxylic acid groups (broad SMARTS) is 1. The van der Waals surface area contributed by atoms with E-state index in [1.807, 2.05) is 0 Å². The van der Waals surface area contributed by atoms with Gasteiger partial charge < -0.3 is 15.6 Å². The highest BCUT2D eigenvalue weighted by Crippen LogP contribution is 2.37. The van der Waals surface area contributed by atoms with Gasteiger partial charge in [-0.15, -0.1) is 0 Å². The molecule has 3 N–H and O–H groups in total. The SMILES string of the molecule is NCc1ccnc(S(=O)(=O)C[C@H]2C[C@@H](C(F)(F)F)CN(S(=O)(=O)N3CCOCC3)C2)c1.O=CO. The molecular formula is C18H27F3N4O7S2. The molecule has 11 nitrogen and oxygen atoms in total. The third-order valence-electron chi connectivity index (χ3n) is 5.40. The Hall–Kier alpha value is -1.85. The number of nitrogens with two attached hydrogens (primary N) is 1. The molecular weight excluding hydrogens is 505 g/mol. The lowest BCUT2D eigenvalue weighted by atomic mass is 9.91. The van der Waals surface area contributed by atoms with E-state index in [0.29, 0.717) is 5.56 Å². The van der Waals surface area contributed by atoms with E-state index in [-0.39, 0.29) is 50.9 Å². The molecule has 0 aliphatic carbocycles. The Balaban J connectivity index is 0.00000129. The molecule has 1 aromatic rings. The van der Waals surface area contributed by atoms with Gasteiger partial charge in [-0.3, -0.25) is 4.79 Å². The lowest BCUT2D eigenvalue weighted by Gasteiger charge is -2.40. The first-order chi connectivity index (χ1) is 15.8. The zero-order valence-electron chi connectivity index (χ0n) is 18.1. The summed E-state index contributed by atoms with van der Waals surface area (Å²) in [7, 11) is -8.23. The van der Waals surface area contributed by atoms with Gasteiger partial charge in [-0.1, -0.05) is 0 Å². The number of hydrogen-bond acceptors (Lipinski definition) is 8. The first kappa shape index (κ1) is 28.4. The molecule has 0 amide bonds. The molecule has 3 rings (SSSR count). The van der Waals surface area contributed by atoms with Crippen molar-refractivity contribution >= 4 is 26.5 Å². The van der Waals surface area contributed by atoms with Gasteiger partial charge in [0.25, 0.3) is 16.7 Å². The fourth-order valence-corrected chi connectivity index (χ4v) is 7.08. The maximum absolute atomic E-state index is 13.5. The van der Waals surface area contributed by atoms with E-state index in [2.05, 4.69) is 4.98 Å². The normalized spacial score (nSPS) is 23.1. The molecule has 2 aliphatic heterocycles. The van der Waals surface area contributed by atoms with Crippen LogP contribution < -0.4 is 5.73 Å². The largest absolute Gasteiger partial charge is 0.483 e. The Morgan fingerprint density at radius 3 is 2.35 bits per heavy atom. The van der Waals surface area contributed by atoms with Crippen LogP contribution in [0.4, 0.5) is 13.2 Å². The molecule has 0 aromatic carbocycles. The quantitative estimate of drug-likeness (QED) is 0.484. The summed E-state index contributed by atoms with van der Waals surface area (Å²) in [5.41, 5.74) is 6.03. The summed E-state index contributed by atoms with van der Waals surface area (Å²) in [5.74, 6) is -3.64. The predicted octanol–water partition coefficient (Wildman–Crippen LogP) is 0.0922. The standard InChI is InChI=1S/C17H25F3N4O5S2.CH2O2/c18-17(19,20)15-7-14(12-30(25,26)16-8-13(9-21)1-2-22-16)10-24(11-15)31(27,28)23-3-5-29-6-4-23;2-1-3/h1-2,8,14-15H,3-7,9-12,21H2;1H,(H,2,3)/t14-,15+;/m0./s1. The molecule has 194 valence electrons. The lowest BCUT2D eigenvalue weighted by Crippen LogP contribution is -2.55. The number of rotatable bonds is 6. The van der Waals surface area contributed by atoms with Gasteiger partial charge >= 0.3 is 6.18 Å². The van der Waals surface area contributed by atoms with Crippen LogP contribution in [0.15, 0.2) is 23.4 Å². The van der Waals surface area contributed by atoms with Gasteiger partial charge in [-0.25, -0.2) is 13.4 Å². The van der Waals surface area contributed by atoms with Crippen LogP contribution in [0.1, 0.15) is 12.0 Å². The Morgan fingerprint density at radius 2 is 1.79 bits per heavy atom. The van der Waals surface area contributed by atoms with Gasteiger partial charge in [0.1, 0.15) is 0 Å². The van der Waals surface area contributed by atoms with Gasteiger partial charge in [-0.2, -0.15) is 30.2 Å². The highest BCUT2D eigenvalue weighted by atomic mass is 32.2. The molecule has 2 saturated heterocycles. The van der Waals surface area contributed by atoms with Crippen LogP contribution in [-0.4, -0.2) is 93.3 Å². The van der Waals surface area contributed by atoms with Crippen molar-refractivity contribution < 1.29 is 44.6 Å². The van der Waals surface area contributed by atoms with E-state index in [1.54, 1.807) is 0 Å². The Morgan fingerprint density at radius 1 is 1.18 bits per heavy atom. The summed E-state index contributed by atoms with van der Waals surface area (Å²) >= 11 is 0. The number of aromatic nitrogens is 1. The molecule has 0 saturated carbocycles. The molecule has 1 aromatic heterocycles. The number of pyridine rings is 1. The molecule has 3 heterocycles. The zero-order valence-corrected chi connectivity index (χ0v) is 19.7. The minimum atomic E-state index is -4.65. The van der Waals surface area contributed by atoms with Gasteiger partial charge in [-0.05, 0) is 30.0 Å². The maximum Gasteiger partial charge on any atom is 0.393 e. The second-order valence-electron chi connectivity index (χ2n) is 7.77. The summed E-state index contributed by atoms with van der Waals surface area (Å²) in [5, 5.41) is 6.60. The first-order valence-corrected chi connectivity index (χ1v) is 13.2. The van der Waals surface area contributed by atoms with E-state index in [9.17, 15) is 30.0 Å². The van der Waals surface area contributed by atoms with Crippen molar-refractivity contribution in [2.45, 2.75) is 24.2 Å². The third-order valence-corrected chi connectivity index (χ3v) is 9.14. The van der Waals surface area contributed by atoms with Crippen LogP contribution >= 0.6 is 0 Å². The molecule has 2 atom stereocenters. The number of piperidine rings is 1. The van der Waals surface area contributed by atoms with Crippen molar-refractivity contribution in [3.05, 3.63) is 23.9 Å². The fourth-order valence-electron chi connectivity index (χ4n) is 3.79. The second-order valence-corrected chi connectivity index (χ2v) is 11.7. The molecule has 16 heteroatoms. The molecule has 0 radical (unpaired) electrons. The number of sulfone groups is 1. The van der Waals surface area contributed by atoms with E-state index in [1.165, 1.54) is 18.3 Å². The van der Waals surface area contributed by atoms with E-state index >= 15 is 0 Å². The number of nitrogens with zero attached hydrogens (tertiary/aromatic N) is 3. The number of carbonyl (C=O) groups is 1. The first-order valence-electron chi connectivity index (χ1n) is 10.2. The summed E-state index contributed by atoms with van der Waals surface area (Å²) in [6.45, 7) is -0.852. The zero-order chi connectivity index (χ0) is 25.6. The van der Waals surface area contributed by atoms with E-state index < -0.39 is 56.8 Å². The van der Waals surface area contributed by atoms with Crippen LogP contribution in [-0.2, 0) is 36.1 Å². The van der Waals surface area contributed by atoms with Crippen LogP contribution in [0.25, 0.3) is 0 Å². The Kier molecular flexibility index (Phi) is 9.79. The summed E-state index contributed by atoms with van der Waals surface area (Å²) < 4.78 is 99.0. The van der Waals surface area contributed by atoms with Gasteiger partial charge in [0.05, 0.1) is 24.9 Å². The average molecular weight is 533 g/mol. The summed E-state index contributed by atoms with van der Waals surface area (Å²) in [6, 6.07) is 2.82. The smallest absolute Gasteiger partial charge is 0.393 e. The molecule has 0 spiro atoms. The highest BCUT2D eigenvalue weighted by molar-refractivity contribution is 7.91. The topological polar surface area (TPSA) is 160 Å². The highest BCUT2D eigenvalue weighted by Gasteiger charge is 2.48. The minimum absolute atomic E-state index is 0.0360. The minimum Gasteiger partial charge on any atom is -0.483 e. The number of morpholine rings is 1. The van der Waals surface area contributed by atoms with E-state index in [4.69, 9.17) is 20.4 Å². The molecule has 0 bridgehead atoms. The number of hydrogen-bond donors (Lipinski definition) is 2. The van der Waals surface area contributed by atoms with Crippen molar-refractivity contribution in [1.82, 2.24) is 13.6 Å². The summed E-state index contributed by atoms with van der Waals surface area (Å²) in [6.07, 6.45) is -3.86. The Labute approximate surface area is 195 Å². The fraction of sp³-hybridized carbons (Fsp3) is 0.667. The molecule has 0 unspecified atom stereocenters. The van der Waals surface area contributed by atoms with Crippen LogP contribution in [0, 0.1) is 11.8 Å². The average Bonchev–Trinajstić information content (AvgIpc) is 2.79. The van der Waals surface area contributed by atoms with Gasteiger partial charge in [0, 0.05) is 38.9 Å². The second kappa shape index (κ2) is 11.7. The van der Waals surface area contributed by atoms with Crippen LogP contribution in [0.3, 0.4) is 0 Å². The molecule has 2 fully saturated rings. The monoisotopic (exact) mass is 532 g/mol. The summed E-state index contributed by atoms with van der Waals surface area (Å²) in [4.78, 5) is 12.2. The van der Waals surface area contributed by atoms with Crippen molar-refractivity contribution in [3.63, 3.8) is 0 Å². The van der Waals surface area contributed by atoms with Crippen LogP contribution in [0.2, 0.25) is 0 Å². The van der Waals surface area contributed by atoms with Gasteiger partial charge in [0.2, 0.25) is 0 Å². The number of alkyl halides is 3. The number of ether oxygens (including phenoxy) is 1. The van der Waals surface area contributed by atoms with Crippen molar-refractivity contribution in [2.75, 3.05) is 45.1 Å². The maximum atomic E-state index is 13.5. The number of halogens is 3. The third kappa shape index (κ3) is 7.32. The van der Waals surface area contributed by atoms with E-state index in [0.717, 1.165) is 8.61 Å². The molecule has 2 aliphatic rings.